The van der Waals surface area contributed by atoms with Gasteiger partial charge < -0.3 is 10.1 Å². The van der Waals surface area contributed by atoms with Gasteiger partial charge in [0.05, 0.1) is 18.0 Å². The van der Waals surface area contributed by atoms with Gasteiger partial charge in [0.25, 0.3) is 0 Å². The van der Waals surface area contributed by atoms with Crippen molar-refractivity contribution in [2.75, 3.05) is 26.7 Å². The van der Waals surface area contributed by atoms with Crippen LogP contribution in [0.15, 0.2) is 23.1 Å². The van der Waals surface area contributed by atoms with Gasteiger partial charge in [0.15, 0.2) is 0 Å². The third-order valence-electron chi connectivity index (χ3n) is 3.56. The Balaban J connectivity index is 2.76. The molecule has 0 bridgehead atoms. The summed E-state index contributed by atoms with van der Waals surface area (Å²) < 4.78 is 31.6. The lowest BCUT2D eigenvalue weighted by Gasteiger charge is -2.18. The number of benzene rings is 1. The monoisotopic (exact) mass is 356 g/mol. The van der Waals surface area contributed by atoms with Crippen LogP contribution in [0.5, 0.6) is 5.75 Å². The van der Waals surface area contributed by atoms with Crippen LogP contribution < -0.4 is 10.1 Å². The molecule has 0 aliphatic rings. The topological polar surface area (TPSA) is 75.7 Å². The average Bonchev–Trinajstić information content (AvgIpc) is 2.48. The Labute approximate surface area is 145 Å². The molecule has 0 radical (unpaired) electrons. The Morgan fingerprint density at radius 1 is 1.33 bits per heavy atom. The van der Waals surface area contributed by atoms with Crippen LogP contribution in [0.25, 0.3) is 0 Å². The number of rotatable bonds is 9. The van der Waals surface area contributed by atoms with E-state index >= 15 is 0 Å². The van der Waals surface area contributed by atoms with E-state index in [1.807, 2.05) is 6.92 Å². The highest BCUT2D eigenvalue weighted by Crippen LogP contribution is 2.23. The number of aryl methyl sites for hydroxylation is 1. The zero-order valence-electron chi connectivity index (χ0n) is 15.1. The van der Waals surface area contributed by atoms with Gasteiger partial charge in [-0.05, 0) is 49.9 Å². The van der Waals surface area contributed by atoms with Crippen molar-refractivity contribution in [3.8, 4) is 5.75 Å². The lowest BCUT2D eigenvalue weighted by molar-refractivity contribution is -0.121. The van der Waals surface area contributed by atoms with Gasteiger partial charge in [0, 0.05) is 13.6 Å². The summed E-state index contributed by atoms with van der Waals surface area (Å²) in [5.74, 6) is 0.841. The summed E-state index contributed by atoms with van der Waals surface area (Å²) >= 11 is 0. The number of ether oxygens (including phenoxy) is 1. The quantitative estimate of drug-likeness (QED) is 0.736. The Bertz CT molecular complexity index is 657. The zero-order chi connectivity index (χ0) is 18.3. The van der Waals surface area contributed by atoms with Crippen LogP contribution in [0.2, 0.25) is 0 Å². The molecule has 1 aromatic carbocycles. The van der Waals surface area contributed by atoms with Crippen molar-refractivity contribution in [3.05, 3.63) is 23.8 Å². The van der Waals surface area contributed by atoms with E-state index in [4.69, 9.17) is 4.74 Å². The summed E-state index contributed by atoms with van der Waals surface area (Å²) in [4.78, 5) is 12.0. The molecule has 1 aromatic rings. The van der Waals surface area contributed by atoms with Gasteiger partial charge in [-0.2, -0.15) is 4.31 Å². The molecular formula is C17H28N2O4S. The molecule has 0 fully saturated rings. The Morgan fingerprint density at radius 2 is 2.00 bits per heavy atom. The minimum absolute atomic E-state index is 0.154. The van der Waals surface area contributed by atoms with Gasteiger partial charge >= 0.3 is 0 Å². The first-order valence-electron chi connectivity index (χ1n) is 8.15. The first-order valence-corrected chi connectivity index (χ1v) is 9.59. The summed E-state index contributed by atoms with van der Waals surface area (Å²) in [6, 6.07) is 4.70. The number of hydrogen-bond donors (Lipinski definition) is 1. The summed E-state index contributed by atoms with van der Waals surface area (Å²) in [5, 5.41) is 2.74. The van der Waals surface area contributed by atoms with Gasteiger partial charge in [-0.1, -0.05) is 13.8 Å². The van der Waals surface area contributed by atoms with E-state index in [0.717, 1.165) is 16.3 Å². The van der Waals surface area contributed by atoms with Crippen LogP contribution in [-0.2, 0) is 14.8 Å². The molecule has 0 saturated heterocycles. The average molecular weight is 356 g/mol. The standard InChI is InChI=1S/C17H28N2O4S/c1-6-23-16-8-7-15(11-14(16)4)24(21,22)19(5)12-17(20)18-10-9-13(2)3/h7-8,11,13H,6,9-10,12H2,1-5H3,(H,18,20). The maximum atomic E-state index is 12.6. The van der Waals surface area contributed by atoms with Gasteiger partial charge in [-0.3, -0.25) is 4.79 Å². The summed E-state index contributed by atoms with van der Waals surface area (Å²) in [7, 11) is -2.31. The first-order chi connectivity index (χ1) is 11.2. The highest BCUT2D eigenvalue weighted by atomic mass is 32.2. The first kappa shape index (κ1) is 20.4. The minimum Gasteiger partial charge on any atom is -0.494 e. The molecule has 7 heteroatoms. The molecular weight excluding hydrogens is 328 g/mol. The van der Waals surface area contributed by atoms with Crippen molar-refractivity contribution in [1.29, 1.82) is 0 Å². The molecule has 0 aliphatic heterocycles. The second-order valence-electron chi connectivity index (χ2n) is 6.15. The van der Waals surface area contributed by atoms with Crippen molar-refractivity contribution in [2.24, 2.45) is 5.92 Å². The SMILES string of the molecule is CCOc1ccc(S(=O)(=O)N(C)CC(=O)NCCC(C)C)cc1C. The van der Waals surface area contributed by atoms with Crippen LogP contribution in [-0.4, -0.2) is 45.4 Å². The predicted octanol–water partition coefficient (Wildman–Crippen LogP) is 2.18. The molecule has 6 nitrogen and oxygen atoms in total. The Kier molecular flexibility index (Phi) is 7.69. The number of amides is 1. The van der Waals surface area contributed by atoms with Gasteiger partial charge in [-0.15, -0.1) is 0 Å². The molecule has 1 amide bonds. The Hall–Kier alpha value is -1.60. The molecule has 24 heavy (non-hydrogen) atoms. The van der Waals surface area contributed by atoms with Crippen LogP contribution >= 0.6 is 0 Å². The number of carbonyl (C=O) groups is 1. The van der Waals surface area contributed by atoms with E-state index in [0.29, 0.717) is 24.8 Å². The van der Waals surface area contributed by atoms with Gasteiger partial charge in [-0.25, -0.2) is 8.42 Å². The molecule has 1 N–H and O–H groups in total. The third-order valence-corrected chi connectivity index (χ3v) is 5.36. The summed E-state index contributed by atoms with van der Waals surface area (Å²) in [6.07, 6.45) is 0.861. The largest absolute Gasteiger partial charge is 0.494 e. The van der Waals surface area contributed by atoms with Gasteiger partial charge in [0.1, 0.15) is 5.75 Å². The smallest absolute Gasteiger partial charge is 0.243 e. The third kappa shape index (κ3) is 5.79. The molecule has 0 saturated carbocycles. The molecule has 1 rings (SSSR count). The van der Waals surface area contributed by atoms with E-state index in [2.05, 4.69) is 19.2 Å². The molecule has 0 spiro atoms. The fourth-order valence-corrected chi connectivity index (χ4v) is 3.34. The zero-order valence-corrected chi connectivity index (χ0v) is 15.9. The molecule has 0 unspecified atom stereocenters. The van der Waals surface area contributed by atoms with Crippen LogP contribution in [0.1, 0.15) is 32.8 Å². The van der Waals surface area contributed by atoms with Crippen molar-refractivity contribution < 1.29 is 17.9 Å². The van der Waals surface area contributed by atoms with Crippen molar-refractivity contribution in [1.82, 2.24) is 9.62 Å². The van der Waals surface area contributed by atoms with E-state index < -0.39 is 10.0 Å². The van der Waals surface area contributed by atoms with E-state index in [1.165, 1.54) is 13.1 Å². The van der Waals surface area contributed by atoms with Crippen molar-refractivity contribution in [2.45, 2.75) is 39.0 Å². The number of nitrogens with one attached hydrogen (secondary N) is 1. The minimum atomic E-state index is -3.71. The molecule has 136 valence electrons. The van der Waals surface area contributed by atoms with Crippen molar-refractivity contribution in [3.63, 3.8) is 0 Å². The maximum absolute atomic E-state index is 12.6. The lowest BCUT2D eigenvalue weighted by atomic mass is 10.1. The summed E-state index contributed by atoms with van der Waals surface area (Å²) in [6.45, 7) is 8.66. The predicted molar refractivity (Wildman–Crippen MR) is 94.6 cm³/mol. The number of carbonyl (C=O) groups excluding carboxylic acids is 1. The van der Waals surface area contributed by atoms with Crippen LogP contribution in [0.4, 0.5) is 0 Å². The number of likely N-dealkylation sites (N-methyl/N-ethyl adjacent to an activating group) is 1. The molecule has 0 aliphatic carbocycles. The maximum Gasteiger partial charge on any atom is 0.243 e. The second kappa shape index (κ2) is 9.03. The van der Waals surface area contributed by atoms with Crippen LogP contribution in [0.3, 0.4) is 0 Å². The molecule has 0 heterocycles. The van der Waals surface area contributed by atoms with E-state index in [-0.39, 0.29) is 17.3 Å². The normalized spacial score (nSPS) is 11.8. The lowest BCUT2D eigenvalue weighted by Crippen LogP contribution is -2.38. The fraction of sp³-hybridized carbons (Fsp3) is 0.588. The highest BCUT2D eigenvalue weighted by Gasteiger charge is 2.23. The summed E-state index contributed by atoms with van der Waals surface area (Å²) in [5.41, 5.74) is 0.743. The van der Waals surface area contributed by atoms with Crippen molar-refractivity contribution >= 4 is 15.9 Å². The van der Waals surface area contributed by atoms with E-state index in [1.54, 1.807) is 19.1 Å². The molecule has 0 aromatic heterocycles. The fourth-order valence-electron chi connectivity index (χ4n) is 2.12. The highest BCUT2D eigenvalue weighted by molar-refractivity contribution is 7.89. The number of nitrogens with zero attached hydrogens (tertiary/aromatic N) is 1. The molecule has 0 atom stereocenters. The number of hydrogen-bond acceptors (Lipinski definition) is 4. The van der Waals surface area contributed by atoms with E-state index in [9.17, 15) is 13.2 Å². The van der Waals surface area contributed by atoms with Gasteiger partial charge in [0.2, 0.25) is 15.9 Å². The Morgan fingerprint density at radius 3 is 2.54 bits per heavy atom. The second-order valence-corrected chi connectivity index (χ2v) is 8.20. The number of sulfonamides is 1. The van der Waals surface area contributed by atoms with Crippen LogP contribution in [0, 0.1) is 12.8 Å².